The van der Waals surface area contributed by atoms with E-state index in [4.69, 9.17) is 5.73 Å². The fourth-order valence-electron chi connectivity index (χ4n) is 2.09. The topological polar surface area (TPSA) is 118 Å². The summed E-state index contributed by atoms with van der Waals surface area (Å²) in [6, 6.07) is 4.12. The van der Waals surface area contributed by atoms with Crippen LogP contribution in [0.15, 0.2) is 18.2 Å². The summed E-state index contributed by atoms with van der Waals surface area (Å²) in [7, 11) is 0. The van der Waals surface area contributed by atoms with E-state index >= 15 is 0 Å². The molecule has 0 bridgehead atoms. The summed E-state index contributed by atoms with van der Waals surface area (Å²) < 4.78 is 0. The van der Waals surface area contributed by atoms with Crippen molar-refractivity contribution in [3.05, 3.63) is 33.9 Å². The van der Waals surface area contributed by atoms with E-state index in [0.717, 1.165) is 0 Å². The third kappa shape index (κ3) is 3.69. The first-order chi connectivity index (χ1) is 9.90. The van der Waals surface area contributed by atoms with Crippen LogP contribution in [0.3, 0.4) is 0 Å². The maximum Gasteiger partial charge on any atom is 0.284 e. The number of hydrogen-bond acceptors (Lipinski definition) is 5. The van der Waals surface area contributed by atoms with Gasteiger partial charge >= 0.3 is 0 Å². The number of carbonyl (C=O) groups is 1. The largest absolute Gasteiger partial charge is 0.398 e. The van der Waals surface area contributed by atoms with E-state index in [1.807, 2.05) is 13.8 Å². The third-order valence-electron chi connectivity index (χ3n) is 3.96. The minimum absolute atomic E-state index is 0.0595. The van der Waals surface area contributed by atoms with Crippen molar-refractivity contribution in [3.8, 4) is 0 Å². The van der Waals surface area contributed by atoms with Crippen LogP contribution < -0.4 is 11.1 Å². The molecular weight excluding hydrogens is 274 g/mol. The minimum atomic E-state index is -0.635. The molecule has 0 saturated carbocycles. The molecule has 116 valence electrons. The van der Waals surface area contributed by atoms with Gasteiger partial charge in [0.25, 0.3) is 11.6 Å². The Kier molecular flexibility index (Phi) is 5.66. The number of rotatable bonds is 7. The van der Waals surface area contributed by atoms with Crippen molar-refractivity contribution in [3.63, 3.8) is 0 Å². The maximum atomic E-state index is 12.2. The monoisotopic (exact) mass is 295 g/mol. The summed E-state index contributed by atoms with van der Waals surface area (Å²) in [4.78, 5) is 22.6. The number of aliphatic hydroxyl groups is 1. The van der Waals surface area contributed by atoms with Gasteiger partial charge in [-0.25, -0.2) is 0 Å². The van der Waals surface area contributed by atoms with Gasteiger partial charge in [-0.3, -0.25) is 14.9 Å². The number of hydrogen-bond donors (Lipinski definition) is 3. The Bertz CT molecular complexity index is 519. The summed E-state index contributed by atoms with van der Waals surface area (Å²) in [6.45, 7) is 4.02. The van der Waals surface area contributed by atoms with Gasteiger partial charge in [0, 0.05) is 18.0 Å². The standard InChI is InChI=1S/C14H21N3O4/c1-3-14(4-2,9-18)8-16-13(19)12-10(15)6-5-7-11(12)17(20)21/h5-7,18H,3-4,8-9,15H2,1-2H3,(H,16,19). The molecule has 0 heterocycles. The molecule has 0 aliphatic rings. The lowest BCUT2D eigenvalue weighted by Gasteiger charge is -2.29. The first kappa shape index (κ1) is 16.9. The maximum absolute atomic E-state index is 12.2. The molecule has 7 nitrogen and oxygen atoms in total. The number of nitro groups is 1. The molecule has 7 heteroatoms. The summed E-state index contributed by atoms with van der Waals surface area (Å²) in [6.07, 6.45) is 1.37. The number of anilines is 1. The minimum Gasteiger partial charge on any atom is -0.398 e. The van der Waals surface area contributed by atoms with Gasteiger partial charge in [-0.05, 0) is 18.9 Å². The second-order valence-corrected chi connectivity index (χ2v) is 5.05. The van der Waals surface area contributed by atoms with E-state index in [0.29, 0.717) is 12.8 Å². The van der Waals surface area contributed by atoms with E-state index < -0.39 is 16.2 Å². The van der Waals surface area contributed by atoms with E-state index in [1.54, 1.807) is 0 Å². The van der Waals surface area contributed by atoms with Gasteiger partial charge in [0.1, 0.15) is 5.56 Å². The van der Waals surface area contributed by atoms with Crippen molar-refractivity contribution < 1.29 is 14.8 Å². The number of nitrogens with one attached hydrogen (secondary N) is 1. The van der Waals surface area contributed by atoms with Gasteiger partial charge in [-0.2, -0.15) is 0 Å². The van der Waals surface area contributed by atoms with E-state index in [9.17, 15) is 20.0 Å². The zero-order chi connectivity index (χ0) is 16.0. The predicted octanol–water partition coefficient (Wildman–Crippen LogP) is 1.71. The number of nitrogens with two attached hydrogens (primary N) is 1. The quantitative estimate of drug-likeness (QED) is 0.402. The lowest BCUT2D eigenvalue weighted by atomic mass is 9.83. The van der Waals surface area contributed by atoms with Gasteiger partial charge in [0.15, 0.2) is 0 Å². The highest BCUT2D eigenvalue weighted by Gasteiger charge is 2.28. The molecule has 0 spiro atoms. The zero-order valence-corrected chi connectivity index (χ0v) is 12.3. The molecule has 0 unspecified atom stereocenters. The Morgan fingerprint density at radius 3 is 2.52 bits per heavy atom. The Balaban J connectivity index is 2.98. The summed E-state index contributed by atoms with van der Waals surface area (Å²) in [5.41, 5.74) is 4.86. The molecule has 0 radical (unpaired) electrons. The van der Waals surface area contributed by atoms with Gasteiger partial charge in [-0.15, -0.1) is 0 Å². The second-order valence-electron chi connectivity index (χ2n) is 5.05. The van der Waals surface area contributed by atoms with Gasteiger partial charge in [0.2, 0.25) is 0 Å². The van der Waals surface area contributed by atoms with Gasteiger partial charge < -0.3 is 16.2 Å². The average molecular weight is 295 g/mol. The van der Waals surface area contributed by atoms with Crippen LogP contribution in [-0.4, -0.2) is 29.1 Å². The van der Waals surface area contributed by atoms with Crippen LogP contribution in [0.5, 0.6) is 0 Å². The molecule has 0 aromatic heterocycles. The molecule has 1 aromatic rings. The normalized spacial score (nSPS) is 11.2. The van der Waals surface area contributed by atoms with Crippen molar-refractivity contribution in [1.29, 1.82) is 0 Å². The molecule has 1 amide bonds. The average Bonchev–Trinajstić information content (AvgIpc) is 2.48. The Hall–Kier alpha value is -2.15. The van der Waals surface area contributed by atoms with Gasteiger partial charge in [0.05, 0.1) is 17.2 Å². The molecule has 1 aromatic carbocycles. The molecule has 4 N–H and O–H groups in total. The number of nitro benzene ring substituents is 1. The van der Waals surface area contributed by atoms with Crippen molar-refractivity contribution >= 4 is 17.3 Å². The first-order valence-electron chi connectivity index (χ1n) is 6.82. The van der Waals surface area contributed by atoms with E-state index in [2.05, 4.69) is 5.32 Å². The number of nitrogens with zero attached hydrogens (tertiary/aromatic N) is 1. The summed E-state index contributed by atoms with van der Waals surface area (Å²) >= 11 is 0. The van der Waals surface area contributed by atoms with Crippen LogP contribution in [0.1, 0.15) is 37.0 Å². The molecule has 0 aliphatic carbocycles. The fraction of sp³-hybridized carbons (Fsp3) is 0.500. The SMILES string of the molecule is CCC(CC)(CO)CNC(=O)c1c(N)cccc1[N+](=O)[O-]. The van der Waals surface area contributed by atoms with Crippen LogP contribution in [0, 0.1) is 15.5 Å². The summed E-state index contributed by atoms with van der Waals surface area (Å²) in [5, 5.41) is 23.1. The molecule has 0 fully saturated rings. The second kappa shape index (κ2) is 7.03. The number of aliphatic hydroxyl groups excluding tert-OH is 1. The lowest BCUT2D eigenvalue weighted by Crippen LogP contribution is -2.39. The van der Waals surface area contributed by atoms with Crippen molar-refractivity contribution in [1.82, 2.24) is 5.32 Å². The number of amides is 1. The highest BCUT2D eigenvalue weighted by Crippen LogP contribution is 2.27. The van der Waals surface area contributed by atoms with Crippen molar-refractivity contribution in [2.75, 3.05) is 18.9 Å². The van der Waals surface area contributed by atoms with Crippen LogP contribution in [-0.2, 0) is 0 Å². The third-order valence-corrected chi connectivity index (χ3v) is 3.96. The Morgan fingerprint density at radius 2 is 2.05 bits per heavy atom. The molecule has 21 heavy (non-hydrogen) atoms. The van der Waals surface area contributed by atoms with Crippen molar-refractivity contribution in [2.24, 2.45) is 5.41 Å². The van der Waals surface area contributed by atoms with Crippen LogP contribution >= 0.6 is 0 Å². The molecule has 0 atom stereocenters. The van der Waals surface area contributed by atoms with E-state index in [-0.39, 0.29) is 30.1 Å². The molecule has 1 rings (SSSR count). The van der Waals surface area contributed by atoms with Gasteiger partial charge in [-0.1, -0.05) is 19.9 Å². The Labute approximate surface area is 123 Å². The molecular formula is C14H21N3O4. The molecule has 0 aliphatic heterocycles. The number of nitrogen functional groups attached to an aromatic ring is 1. The fourth-order valence-corrected chi connectivity index (χ4v) is 2.09. The smallest absolute Gasteiger partial charge is 0.284 e. The van der Waals surface area contributed by atoms with E-state index in [1.165, 1.54) is 18.2 Å². The van der Waals surface area contributed by atoms with Crippen LogP contribution in [0.4, 0.5) is 11.4 Å². The highest BCUT2D eigenvalue weighted by atomic mass is 16.6. The Morgan fingerprint density at radius 1 is 1.43 bits per heavy atom. The first-order valence-corrected chi connectivity index (χ1v) is 6.82. The zero-order valence-electron chi connectivity index (χ0n) is 12.3. The van der Waals surface area contributed by atoms with Crippen LogP contribution in [0.2, 0.25) is 0 Å². The summed E-state index contributed by atoms with van der Waals surface area (Å²) in [5.74, 6) is -0.598. The number of carbonyl (C=O) groups excluding carboxylic acids is 1. The van der Waals surface area contributed by atoms with Crippen molar-refractivity contribution in [2.45, 2.75) is 26.7 Å². The lowest BCUT2D eigenvalue weighted by molar-refractivity contribution is -0.385. The predicted molar refractivity (Wildman–Crippen MR) is 79.9 cm³/mol. The highest BCUT2D eigenvalue weighted by molar-refractivity contribution is 6.03. The van der Waals surface area contributed by atoms with Crippen LogP contribution in [0.25, 0.3) is 0 Å². The molecule has 0 saturated heterocycles. The number of benzene rings is 1.